The molecule has 0 saturated carbocycles. The fourth-order valence-corrected chi connectivity index (χ4v) is 2.53. The maximum atomic E-state index is 13.6. The van der Waals surface area contributed by atoms with E-state index in [-0.39, 0.29) is 23.0 Å². The summed E-state index contributed by atoms with van der Waals surface area (Å²) in [7, 11) is 1.25. The van der Waals surface area contributed by atoms with Crippen molar-refractivity contribution >= 4 is 22.9 Å². The largest absolute Gasteiger partial charge is 0.465 e. The number of rotatable bonds is 6. The lowest BCUT2D eigenvalue weighted by molar-refractivity contribution is -0.141. The van der Waals surface area contributed by atoms with Gasteiger partial charge in [-0.3, -0.25) is 4.68 Å². The van der Waals surface area contributed by atoms with Gasteiger partial charge in [0, 0.05) is 19.1 Å². The minimum Gasteiger partial charge on any atom is -0.465 e. The Kier molecular flexibility index (Phi) is 6.65. The van der Waals surface area contributed by atoms with Crippen LogP contribution in [-0.2, 0) is 28.1 Å². The molecule has 11 heteroatoms. The van der Waals surface area contributed by atoms with Crippen LogP contribution in [-0.4, -0.2) is 28.2 Å². The van der Waals surface area contributed by atoms with E-state index < -0.39 is 35.4 Å². The van der Waals surface area contributed by atoms with Crippen LogP contribution in [0.3, 0.4) is 0 Å². The predicted molar refractivity (Wildman–Crippen MR) is 98.4 cm³/mol. The molecule has 0 aliphatic rings. The Labute approximate surface area is 170 Å². The SMILES string of the molecule is CCOCO/C(=C(/C#N)c1coc(C(C)(C)C)n1)c1c(C(F)(F)F)nn(C)c1Cl. The number of nitriles is 1. The average Bonchev–Trinajstić information content (AvgIpc) is 3.20. The van der Waals surface area contributed by atoms with Crippen molar-refractivity contribution in [3.63, 3.8) is 0 Å². The van der Waals surface area contributed by atoms with E-state index in [2.05, 4.69) is 10.1 Å². The second kappa shape index (κ2) is 8.47. The van der Waals surface area contributed by atoms with E-state index in [9.17, 15) is 18.4 Å². The maximum Gasteiger partial charge on any atom is 0.435 e. The summed E-state index contributed by atoms with van der Waals surface area (Å²) in [6, 6.07) is 1.84. The van der Waals surface area contributed by atoms with Crippen molar-refractivity contribution in [2.45, 2.75) is 39.3 Å². The standard InChI is InChI=1S/C18H20ClF3N4O3/c1-6-27-9-29-13(12-14(18(20,21)22)25-26(5)15(12)19)10(7-23)11-8-28-16(24-11)17(2,3)4/h8H,6,9H2,1-5H3/b13-10-. The molecule has 0 aromatic carbocycles. The second-order valence-corrected chi connectivity index (χ2v) is 7.35. The first-order chi connectivity index (χ1) is 13.4. The van der Waals surface area contributed by atoms with Gasteiger partial charge in [-0.05, 0) is 6.92 Å². The number of ether oxygens (including phenoxy) is 2. The van der Waals surface area contributed by atoms with Crippen LogP contribution in [0.4, 0.5) is 13.2 Å². The highest BCUT2D eigenvalue weighted by Gasteiger charge is 2.41. The Hall–Kier alpha value is -2.51. The van der Waals surface area contributed by atoms with Gasteiger partial charge >= 0.3 is 6.18 Å². The monoisotopic (exact) mass is 432 g/mol. The van der Waals surface area contributed by atoms with Crippen LogP contribution in [0.2, 0.25) is 5.15 Å². The molecule has 0 saturated heterocycles. The second-order valence-electron chi connectivity index (χ2n) is 6.99. The van der Waals surface area contributed by atoms with Gasteiger partial charge in [0.15, 0.2) is 24.1 Å². The Bertz CT molecular complexity index is 949. The van der Waals surface area contributed by atoms with Gasteiger partial charge in [-0.1, -0.05) is 32.4 Å². The smallest absolute Gasteiger partial charge is 0.435 e. The minimum absolute atomic E-state index is 0.0111. The Morgan fingerprint density at radius 1 is 1.34 bits per heavy atom. The van der Waals surface area contributed by atoms with Crippen LogP contribution < -0.4 is 0 Å². The number of aryl methyl sites for hydroxylation is 1. The molecule has 0 radical (unpaired) electrons. The number of hydrogen-bond acceptors (Lipinski definition) is 6. The first-order valence-corrected chi connectivity index (χ1v) is 8.90. The topological polar surface area (TPSA) is 86.1 Å². The number of aromatic nitrogens is 3. The van der Waals surface area contributed by atoms with Crippen LogP contribution in [0.15, 0.2) is 10.7 Å². The molecule has 2 aromatic heterocycles. The first kappa shape index (κ1) is 22.8. The molecule has 2 heterocycles. The molecular formula is C18H20ClF3N4O3. The fraction of sp³-hybridized carbons (Fsp3) is 0.500. The summed E-state index contributed by atoms with van der Waals surface area (Å²) in [5.41, 5.74) is -2.61. The summed E-state index contributed by atoms with van der Waals surface area (Å²) in [5.74, 6) is -0.141. The molecule has 2 rings (SSSR count). The molecule has 7 nitrogen and oxygen atoms in total. The van der Waals surface area contributed by atoms with Crippen molar-refractivity contribution in [3.8, 4) is 6.07 Å². The summed E-state index contributed by atoms with van der Waals surface area (Å²) in [6.07, 6.45) is -3.65. The summed E-state index contributed by atoms with van der Waals surface area (Å²) in [5, 5.41) is 12.8. The lowest BCUT2D eigenvalue weighted by Crippen LogP contribution is -2.12. The highest BCUT2D eigenvalue weighted by Crippen LogP contribution is 2.41. The zero-order valence-electron chi connectivity index (χ0n) is 16.5. The van der Waals surface area contributed by atoms with Crippen molar-refractivity contribution < 1.29 is 27.1 Å². The molecular weight excluding hydrogens is 413 g/mol. The van der Waals surface area contributed by atoms with Gasteiger partial charge in [0.2, 0.25) is 0 Å². The van der Waals surface area contributed by atoms with Gasteiger partial charge in [0.25, 0.3) is 0 Å². The van der Waals surface area contributed by atoms with Crippen molar-refractivity contribution in [3.05, 3.63) is 34.3 Å². The highest BCUT2D eigenvalue weighted by molar-refractivity contribution is 6.31. The normalized spacial score (nSPS) is 13.2. The van der Waals surface area contributed by atoms with E-state index in [4.69, 9.17) is 25.5 Å². The summed E-state index contributed by atoms with van der Waals surface area (Å²) in [4.78, 5) is 4.24. The van der Waals surface area contributed by atoms with E-state index in [1.165, 1.54) is 13.3 Å². The number of hydrogen-bond donors (Lipinski definition) is 0. The van der Waals surface area contributed by atoms with Crippen LogP contribution in [0.5, 0.6) is 0 Å². The van der Waals surface area contributed by atoms with Gasteiger partial charge in [0.1, 0.15) is 28.8 Å². The zero-order chi connectivity index (χ0) is 22.0. The minimum atomic E-state index is -4.83. The molecule has 2 aromatic rings. The van der Waals surface area contributed by atoms with E-state index in [0.29, 0.717) is 5.89 Å². The van der Waals surface area contributed by atoms with Gasteiger partial charge in [-0.15, -0.1) is 0 Å². The van der Waals surface area contributed by atoms with Gasteiger partial charge in [0.05, 0.1) is 5.56 Å². The van der Waals surface area contributed by atoms with E-state index in [1.807, 2.05) is 26.8 Å². The molecule has 0 atom stereocenters. The third-order valence-electron chi connectivity index (χ3n) is 3.70. The Balaban J connectivity index is 2.76. The molecule has 0 amide bonds. The molecule has 0 fully saturated rings. The number of nitrogens with zero attached hydrogens (tertiary/aromatic N) is 4. The lowest BCUT2D eigenvalue weighted by Gasteiger charge is -2.14. The van der Waals surface area contributed by atoms with Crippen molar-refractivity contribution in [1.82, 2.24) is 14.8 Å². The van der Waals surface area contributed by atoms with Crippen LogP contribution in [0, 0.1) is 11.3 Å². The van der Waals surface area contributed by atoms with Crippen LogP contribution in [0.25, 0.3) is 11.3 Å². The quantitative estimate of drug-likeness (QED) is 0.282. The van der Waals surface area contributed by atoms with Crippen molar-refractivity contribution in [2.24, 2.45) is 7.05 Å². The van der Waals surface area contributed by atoms with Crippen molar-refractivity contribution in [2.75, 3.05) is 13.4 Å². The molecule has 29 heavy (non-hydrogen) atoms. The van der Waals surface area contributed by atoms with Gasteiger partial charge in [-0.2, -0.15) is 23.5 Å². The van der Waals surface area contributed by atoms with Gasteiger partial charge in [-0.25, -0.2) is 4.98 Å². The highest BCUT2D eigenvalue weighted by atomic mass is 35.5. The number of halogens is 4. The third kappa shape index (κ3) is 4.92. The Morgan fingerprint density at radius 2 is 2.00 bits per heavy atom. The van der Waals surface area contributed by atoms with E-state index >= 15 is 0 Å². The lowest BCUT2D eigenvalue weighted by atomic mass is 9.97. The molecule has 0 unspecified atom stereocenters. The van der Waals surface area contributed by atoms with Crippen LogP contribution >= 0.6 is 11.6 Å². The van der Waals surface area contributed by atoms with E-state index in [0.717, 1.165) is 4.68 Å². The Morgan fingerprint density at radius 3 is 2.48 bits per heavy atom. The summed E-state index contributed by atoms with van der Waals surface area (Å²) >= 11 is 6.09. The molecule has 0 bridgehead atoms. The molecule has 0 spiro atoms. The number of oxazole rings is 1. The summed E-state index contributed by atoms with van der Waals surface area (Å²) < 4.78 is 57.4. The predicted octanol–water partition coefficient (Wildman–Crippen LogP) is 4.78. The average molecular weight is 433 g/mol. The van der Waals surface area contributed by atoms with E-state index in [1.54, 1.807) is 6.92 Å². The molecule has 158 valence electrons. The maximum absolute atomic E-state index is 13.6. The molecule has 0 aliphatic carbocycles. The fourth-order valence-electron chi connectivity index (χ4n) is 2.31. The van der Waals surface area contributed by atoms with Crippen molar-refractivity contribution in [1.29, 1.82) is 5.26 Å². The number of allylic oxidation sites excluding steroid dienone is 1. The third-order valence-corrected chi connectivity index (χ3v) is 4.14. The van der Waals surface area contributed by atoms with Crippen LogP contribution in [0.1, 0.15) is 50.5 Å². The molecule has 0 N–H and O–H groups in total. The first-order valence-electron chi connectivity index (χ1n) is 8.53. The molecule has 0 aliphatic heterocycles. The zero-order valence-corrected chi connectivity index (χ0v) is 17.3. The summed E-state index contributed by atoms with van der Waals surface area (Å²) in [6.45, 7) is 7.05. The number of alkyl halides is 3. The van der Waals surface area contributed by atoms with Gasteiger partial charge < -0.3 is 13.9 Å².